The van der Waals surface area contributed by atoms with Crippen molar-refractivity contribution >= 4 is 34.2 Å². The number of aliphatic hydroxyl groups is 1. The lowest BCUT2D eigenvalue weighted by molar-refractivity contribution is 0.183. The zero-order valence-corrected chi connectivity index (χ0v) is 14.9. The van der Waals surface area contributed by atoms with Gasteiger partial charge in [0.15, 0.2) is 11.0 Å². The van der Waals surface area contributed by atoms with Crippen LogP contribution in [0.3, 0.4) is 0 Å². The Morgan fingerprint density at radius 3 is 2.56 bits per heavy atom. The highest BCUT2D eigenvalue weighted by Crippen LogP contribution is 2.26. The molecule has 0 unspecified atom stereocenters. The molecule has 1 heterocycles. The molecular formula is C19H17Cl2NO3. The van der Waals surface area contributed by atoms with Crippen molar-refractivity contribution in [2.45, 2.75) is 13.1 Å². The lowest BCUT2D eigenvalue weighted by Gasteiger charge is -2.21. The maximum Gasteiger partial charge on any atom is 0.197 e. The van der Waals surface area contributed by atoms with E-state index in [1.54, 1.807) is 12.1 Å². The predicted molar refractivity (Wildman–Crippen MR) is 100 cm³/mol. The minimum Gasteiger partial charge on any atom is -0.462 e. The molecule has 130 valence electrons. The van der Waals surface area contributed by atoms with Crippen molar-refractivity contribution in [1.82, 2.24) is 4.90 Å². The molecule has 0 aliphatic rings. The maximum atomic E-state index is 12.8. The summed E-state index contributed by atoms with van der Waals surface area (Å²) in [6, 6.07) is 13.0. The van der Waals surface area contributed by atoms with Crippen molar-refractivity contribution in [3.05, 3.63) is 80.1 Å². The summed E-state index contributed by atoms with van der Waals surface area (Å²) >= 11 is 12.1. The van der Waals surface area contributed by atoms with Crippen LogP contribution < -0.4 is 5.43 Å². The standard InChI is InChI=1S/C19H17Cl2NO3/c20-15-8-16-18(24)14(12-25-19(16)17(21)9-15)11-22(6-7-23)10-13-4-2-1-3-5-13/h1-5,8-9,12,23H,6-7,10-11H2. The third-order valence-corrected chi connectivity index (χ3v) is 4.42. The van der Waals surface area contributed by atoms with Crippen LogP contribution in [0, 0.1) is 0 Å². The van der Waals surface area contributed by atoms with Gasteiger partial charge >= 0.3 is 0 Å². The molecular weight excluding hydrogens is 361 g/mol. The number of aliphatic hydroxyl groups excluding tert-OH is 1. The molecule has 0 atom stereocenters. The molecule has 0 aliphatic carbocycles. The van der Waals surface area contributed by atoms with Gasteiger partial charge in [0.25, 0.3) is 0 Å². The van der Waals surface area contributed by atoms with Crippen LogP contribution in [0.5, 0.6) is 0 Å². The van der Waals surface area contributed by atoms with E-state index in [9.17, 15) is 9.90 Å². The molecule has 1 aromatic heterocycles. The molecule has 6 heteroatoms. The second-order valence-electron chi connectivity index (χ2n) is 5.77. The molecule has 3 aromatic rings. The van der Waals surface area contributed by atoms with Gasteiger partial charge < -0.3 is 9.52 Å². The van der Waals surface area contributed by atoms with Crippen molar-refractivity contribution in [2.24, 2.45) is 0 Å². The average molecular weight is 378 g/mol. The van der Waals surface area contributed by atoms with Crippen molar-refractivity contribution in [2.75, 3.05) is 13.2 Å². The predicted octanol–water partition coefficient (Wildman–Crippen LogP) is 4.09. The zero-order chi connectivity index (χ0) is 17.8. The minimum atomic E-state index is -0.165. The number of hydrogen-bond acceptors (Lipinski definition) is 4. The van der Waals surface area contributed by atoms with E-state index < -0.39 is 0 Å². The maximum absolute atomic E-state index is 12.8. The Labute approximate surface area is 155 Å². The summed E-state index contributed by atoms with van der Waals surface area (Å²) in [5.74, 6) is 0. The van der Waals surface area contributed by atoms with Gasteiger partial charge in [-0.15, -0.1) is 0 Å². The first-order valence-corrected chi connectivity index (χ1v) is 8.60. The highest BCUT2D eigenvalue weighted by Gasteiger charge is 2.14. The van der Waals surface area contributed by atoms with Gasteiger partial charge in [-0.2, -0.15) is 0 Å². The van der Waals surface area contributed by atoms with Gasteiger partial charge in [0.1, 0.15) is 0 Å². The van der Waals surface area contributed by atoms with E-state index in [1.165, 1.54) is 6.26 Å². The monoisotopic (exact) mass is 377 g/mol. The van der Waals surface area contributed by atoms with Gasteiger partial charge in [-0.1, -0.05) is 53.5 Å². The highest BCUT2D eigenvalue weighted by atomic mass is 35.5. The first-order valence-electron chi connectivity index (χ1n) is 7.85. The number of nitrogens with zero attached hydrogens (tertiary/aromatic N) is 1. The summed E-state index contributed by atoms with van der Waals surface area (Å²) in [7, 11) is 0. The largest absolute Gasteiger partial charge is 0.462 e. The first-order chi connectivity index (χ1) is 12.1. The summed E-state index contributed by atoms with van der Waals surface area (Å²) in [5, 5.41) is 10.4. The van der Waals surface area contributed by atoms with E-state index in [0.29, 0.717) is 46.2 Å². The van der Waals surface area contributed by atoms with E-state index in [2.05, 4.69) is 0 Å². The molecule has 1 N–H and O–H groups in total. The Balaban J connectivity index is 1.92. The average Bonchev–Trinajstić information content (AvgIpc) is 2.59. The van der Waals surface area contributed by atoms with Crippen LogP contribution in [-0.4, -0.2) is 23.2 Å². The zero-order valence-electron chi connectivity index (χ0n) is 13.4. The Bertz CT molecular complexity index is 925. The fourth-order valence-corrected chi connectivity index (χ4v) is 3.29. The van der Waals surface area contributed by atoms with Crippen molar-refractivity contribution in [3.8, 4) is 0 Å². The minimum absolute atomic E-state index is 0.00338. The molecule has 0 fully saturated rings. The molecule has 0 saturated carbocycles. The molecule has 0 radical (unpaired) electrons. The number of fused-ring (bicyclic) bond motifs is 1. The van der Waals surface area contributed by atoms with Crippen molar-refractivity contribution in [1.29, 1.82) is 0 Å². The van der Waals surface area contributed by atoms with Crippen LogP contribution in [0.4, 0.5) is 0 Å². The number of hydrogen-bond donors (Lipinski definition) is 1. The number of halogens is 2. The summed E-state index contributed by atoms with van der Waals surface area (Å²) in [6.45, 7) is 1.43. The Morgan fingerprint density at radius 1 is 1.08 bits per heavy atom. The van der Waals surface area contributed by atoms with E-state index in [-0.39, 0.29) is 12.0 Å². The highest BCUT2D eigenvalue weighted by molar-refractivity contribution is 6.38. The lowest BCUT2D eigenvalue weighted by Crippen LogP contribution is -2.28. The van der Waals surface area contributed by atoms with Crippen LogP contribution in [0.2, 0.25) is 10.0 Å². The van der Waals surface area contributed by atoms with Gasteiger partial charge in [0.05, 0.1) is 23.3 Å². The topological polar surface area (TPSA) is 53.7 Å². The molecule has 0 bridgehead atoms. The van der Waals surface area contributed by atoms with Gasteiger partial charge in [-0.3, -0.25) is 9.69 Å². The van der Waals surface area contributed by atoms with Crippen LogP contribution in [0.15, 0.2) is 57.9 Å². The molecule has 3 rings (SSSR count). The normalized spacial score (nSPS) is 11.4. The molecule has 2 aromatic carbocycles. The van der Waals surface area contributed by atoms with Gasteiger partial charge in [-0.05, 0) is 17.7 Å². The fourth-order valence-electron chi connectivity index (χ4n) is 2.75. The van der Waals surface area contributed by atoms with Crippen LogP contribution in [-0.2, 0) is 13.1 Å². The van der Waals surface area contributed by atoms with Crippen LogP contribution >= 0.6 is 23.2 Å². The quantitative estimate of drug-likeness (QED) is 0.702. The summed E-state index contributed by atoms with van der Waals surface area (Å²) in [5.41, 5.74) is 1.76. The summed E-state index contributed by atoms with van der Waals surface area (Å²) < 4.78 is 5.56. The van der Waals surface area contributed by atoms with Crippen LogP contribution in [0.25, 0.3) is 11.0 Å². The molecule has 25 heavy (non-hydrogen) atoms. The molecule has 0 aliphatic heterocycles. The number of benzene rings is 2. The molecule has 0 saturated heterocycles. The fraction of sp³-hybridized carbons (Fsp3) is 0.211. The van der Waals surface area contributed by atoms with Crippen molar-refractivity contribution in [3.63, 3.8) is 0 Å². The first kappa shape index (κ1) is 18.0. The summed E-state index contributed by atoms with van der Waals surface area (Å²) in [4.78, 5) is 14.7. The van der Waals surface area contributed by atoms with E-state index in [0.717, 1.165) is 5.56 Å². The number of rotatable bonds is 6. The lowest BCUT2D eigenvalue weighted by atomic mass is 10.1. The van der Waals surface area contributed by atoms with E-state index in [4.69, 9.17) is 27.6 Å². The third-order valence-electron chi connectivity index (χ3n) is 3.92. The van der Waals surface area contributed by atoms with Gasteiger partial charge in [0, 0.05) is 30.2 Å². The smallest absolute Gasteiger partial charge is 0.197 e. The van der Waals surface area contributed by atoms with Gasteiger partial charge in [0.2, 0.25) is 0 Å². The van der Waals surface area contributed by atoms with E-state index >= 15 is 0 Å². The SMILES string of the molecule is O=c1c(CN(CCO)Cc2ccccc2)coc2c(Cl)cc(Cl)cc12. The second kappa shape index (κ2) is 8.02. The summed E-state index contributed by atoms with van der Waals surface area (Å²) in [6.07, 6.45) is 1.43. The molecule has 0 amide bonds. The molecule has 0 spiro atoms. The molecule has 4 nitrogen and oxygen atoms in total. The van der Waals surface area contributed by atoms with Crippen LogP contribution in [0.1, 0.15) is 11.1 Å². The second-order valence-corrected chi connectivity index (χ2v) is 6.62. The van der Waals surface area contributed by atoms with E-state index in [1.807, 2.05) is 35.2 Å². The Kier molecular flexibility index (Phi) is 5.76. The Hall–Kier alpha value is -1.85. The third kappa shape index (κ3) is 4.22. The van der Waals surface area contributed by atoms with Gasteiger partial charge in [-0.25, -0.2) is 0 Å². The Morgan fingerprint density at radius 2 is 1.84 bits per heavy atom. The van der Waals surface area contributed by atoms with Crippen molar-refractivity contribution < 1.29 is 9.52 Å².